The summed E-state index contributed by atoms with van der Waals surface area (Å²) in [7, 11) is 0. The summed E-state index contributed by atoms with van der Waals surface area (Å²) < 4.78 is 5.74. The van der Waals surface area contributed by atoms with E-state index in [0.29, 0.717) is 5.41 Å². The first kappa shape index (κ1) is 9.04. The molecule has 2 fully saturated rings. The highest BCUT2D eigenvalue weighted by molar-refractivity contribution is 5.30. The number of piperidine rings is 1. The van der Waals surface area contributed by atoms with Crippen molar-refractivity contribution >= 4 is 0 Å². The Labute approximate surface area is 89.1 Å². The molecule has 2 unspecified atom stereocenters. The van der Waals surface area contributed by atoms with Gasteiger partial charge in [-0.2, -0.15) is 0 Å². The molecule has 0 spiro atoms. The summed E-state index contributed by atoms with van der Waals surface area (Å²) in [5.41, 5.74) is 0.415. The Morgan fingerprint density at radius 2 is 2.20 bits per heavy atom. The molecule has 0 bridgehead atoms. The number of hydrogen-bond donors (Lipinski definition) is 2. The van der Waals surface area contributed by atoms with E-state index in [1.54, 1.807) is 12.1 Å². The maximum atomic E-state index is 9.13. The molecule has 0 radical (unpaired) electrons. The molecule has 2 atom stereocenters. The summed E-state index contributed by atoms with van der Waals surface area (Å²) in [5, 5.41) is 12.5. The van der Waals surface area contributed by atoms with Crippen molar-refractivity contribution in [2.24, 2.45) is 11.3 Å². The summed E-state index contributed by atoms with van der Waals surface area (Å²) in [4.78, 5) is 0. The van der Waals surface area contributed by atoms with Crippen molar-refractivity contribution in [3.8, 4) is 11.5 Å². The normalized spacial score (nSPS) is 32.4. The average molecular weight is 205 g/mol. The molecule has 3 heteroatoms. The molecule has 1 saturated carbocycles. The number of hydrogen-bond acceptors (Lipinski definition) is 3. The van der Waals surface area contributed by atoms with Crippen LogP contribution in [0.25, 0.3) is 0 Å². The van der Waals surface area contributed by atoms with Gasteiger partial charge in [0, 0.05) is 12.0 Å². The number of phenolic OH excluding ortho intramolecular Hbond substituents is 1. The van der Waals surface area contributed by atoms with Crippen LogP contribution in [0.5, 0.6) is 11.5 Å². The van der Waals surface area contributed by atoms with E-state index >= 15 is 0 Å². The largest absolute Gasteiger partial charge is 0.508 e. The zero-order chi connectivity index (χ0) is 10.3. The van der Waals surface area contributed by atoms with Crippen LogP contribution in [0.15, 0.2) is 24.3 Å². The number of nitrogens with one attached hydrogen (secondary N) is 1. The Morgan fingerprint density at radius 1 is 1.40 bits per heavy atom. The second kappa shape index (κ2) is 3.14. The number of rotatable bonds is 3. The van der Waals surface area contributed by atoms with E-state index in [2.05, 4.69) is 5.32 Å². The van der Waals surface area contributed by atoms with Crippen LogP contribution >= 0.6 is 0 Å². The minimum Gasteiger partial charge on any atom is -0.508 e. The Kier molecular flexibility index (Phi) is 1.89. The summed E-state index contributed by atoms with van der Waals surface area (Å²) >= 11 is 0. The van der Waals surface area contributed by atoms with Crippen LogP contribution in [0.3, 0.4) is 0 Å². The Bertz CT molecular complexity index is 362. The van der Waals surface area contributed by atoms with Crippen molar-refractivity contribution in [3.63, 3.8) is 0 Å². The molecule has 1 aromatic rings. The van der Waals surface area contributed by atoms with Crippen LogP contribution < -0.4 is 10.1 Å². The molecule has 3 rings (SSSR count). The van der Waals surface area contributed by atoms with Crippen molar-refractivity contribution < 1.29 is 9.84 Å². The lowest BCUT2D eigenvalue weighted by molar-refractivity contribution is 0.236. The van der Waals surface area contributed by atoms with Gasteiger partial charge in [0.05, 0.1) is 6.61 Å². The van der Waals surface area contributed by atoms with Gasteiger partial charge in [-0.15, -0.1) is 0 Å². The second-order valence-corrected chi connectivity index (χ2v) is 4.68. The van der Waals surface area contributed by atoms with Gasteiger partial charge in [0.15, 0.2) is 0 Å². The van der Waals surface area contributed by atoms with E-state index in [0.717, 1.165) is 31.4 Å². The minimum absolute atomic E-state index is 0.285. The van der Waals surface area contributed by atoms with Gasteiger partial charge in [-0.25, -0.2) is 0 Å². The molecule has 0 aromatic heterocycles. The van der Waals surface area contributed by atoms with Crippen LogP contribution in [-0.2, 0) is 0 Å². The topological polar surface area (TPSA) is 41.5 Å². The predicted octanol–water partition coefficient (Wildman–Crippen LogP) is 1.38. The molecular weight excluding hydrogens is 190 g/mol. The number of benzene rings is 1. The highest BCUT2D eigenvalue weighted by atomic mass is 16.5. The fraction of sp³-hybridized carbons (Fsp3) is 0.500. The summed E-state index contributed by atoms with van der Waals surface area (Å²) in [6.07, 6.45) is 1.30. The van der Waals surface area contributed by atoms with Crippen LogP contribution in [0.2, 0.25) is 0 Å². The van der Waals surface area contributed by atoms with E-state index in [1.807, 2.05) is 12.1 Å². The summed E-state index contributed by atoms with van der Waals surface area (Å²) in [6, 6.07) is 6.94. The summed E-state index contributed by atoms with van der Waals surface area (Å²) in [6.45, 7) is 3.05. The SMILES string of the molecule is Oc1ccc(OCC23CNCC2C3)cc1. The van der Waals surface area contributed by atoms with Crippen molar-refractivity contribution in [2.75, 3.05) is 19.7 Å². The first-order valence-corrected chi connectivity index (χ1v) is 5.41. The molecule has 1 heterocycles. The fourth-order valence-electron chi connectivity index (χ4n) is 2.43. The van der Waals surface area contributed by atoms with E-state index in [9.17, 15) is 0 Å². The second-order valence-electron chi connectivity index (χ2n) is 4.68. The molecule has 1 aliphatic carbocycles. The monoisotopic (exact) mass is 205 g/mol. The van der Waals surface area contributed by atoms with Crippen molar-refractivity contribution in [3.05, 3.63) is 24.3 Å². The standard InChI is InChI=1S/C12H15NO2/c14-10-1-3-11(4-2-10)15-8-12-5-9(12)6-13-7-12/h1-4,9,13-14H,5-8H2. The third-order valence-corrected chi connectivity index (χ3v) is 3.59. The van der Waals surface area contributed by atoms with E-state index in [-0.39, 0.29) is 5.75 Å². The number of ether oxygens (including phenoxy) is 1. The van der Waals surface area contributed by atoms with Gasteiger partial charge in [-0.3, -0.25) is 0 Å². The van der Waals surface area contributed by atoms with Gasteiger partial charge in [-0.1, -0.05) is 0 Å². The minimum atomic E-state index is 0.285. The van der Waals surface area contributed by atoms with Crippen LogP contribution in [0, 0.1) is 11.3 Å². The van der Waals surface area contributed by atoms with Gasteiger partial charge < -0.3 is 15.2 Å². The van der Waals surface area contributed by atoms with E-state index < -0.39 is 0 Å². The Hall–Kier alpha value is -1.22. The van der Waals surface area contributed by atoms with Gasteiger partial charge in [0.25, 0.3) is 0 Å². The highest BCUT2D eigenvalue weighted by Crippen LogP contribution is 2.54. The van der Waals surface area contributed by atoms with Gasteiger partial charge in [0.2, 0.25) is 0 Å². The lowest BCUT2D eigenvalue weighted by Crippen LogP contribution is -2.21. The van der Waals surface area contributed by atoms with Gasteiger partial charge >= 0.3 is 0 Å². The van der Waals surface area contributed by atoms with Crippen LogP contribution in [0.4, 0.5) is 0 Å². The Morgan fingerprint density at radius 3 is 2.80 bits per heavy atom. The predicted molar refractivity (Wildman–Crippen MR) is 57.0 cm³/mol. The first-order chi connectivity index (χ1) is 7.28. The third kappa shape index (κ3) is 1.57. The van der Waals surface area contributed by atoms with Gasteiger partial charge in [-0.05, 0) is 43.1 Å². The molecule has 2 N–H and O–H groups in total. The molecule has 80 valence electrons. The van der Waals surface area contributed by atoms with Crippen molar-refractivity contribution in [2.45, 2.75) is 6.42 Å². The quantitative estimate of drug-likeness (QED) is 0.783. The fourth-order valence-corrected chi connectivity index (χ4v) is 2.43. The van der Waals surface area contributed by atoms with Crippen LogP contribution in [0.1, 0.15) is 6.42 Å². The lowest BCUT2D eigenvalue weighted by Gasteiger charge is -2.13. The number of fused-ring (bicyclic) bond motifs is 1. The van der Waals surface area contributed by atoms with Crippen molar-refractivity contribution in [1.82, 2.24) is 5.32 Å². The van der Waals surface area contributed by atoms with Crippen LogP contribution in [-0.4, -0.2) is 24.8 Å². The molecule has 15 heavy (non-hydrogen) atoms. The lowest BCUT2D eigenvalue weighted by atomic mass is 10.1. The maximum Gasteiger partial charge on any atom is 0.119 e. The molecular formula is C12H15NO2. The summed E-state index contributed by atoms with van der Waals surface area (Å²) in [5.74, 6) is 1.96. The third-order valence-electron chi connectivity index (χ3n) is 3.59. The maximum absolute atomic E-state index is 9.13. The smallest absolute Gasteiger partial charge is 0.119 e. The van der Waals surface area contributed by atoms with Gasteiger partial charge in [0.1, 0.15) is 11.5 Å². The zero-order valence-corrected chi connectivity index (χ0v) is 8.57. The number of aromatic hydroxyl groups is 1. The molecule has 0 amide bonds. The van der Waals surface area contributed by atoms with E-state index in [4.69, 9.17) is 9.84 Å². The Balaban J connectivity index is 1.60. The average Bonchev–Trinajstić information content (AvgIpc) is 2.80. The molecule has 1 saturated heterocycles. The first-order valence-electron chi connectivity index (χ1n) is 5.41. The number of phenols is 1. The zero-order valence-electron chi connectivity index (χ0n) is 8.57. The van der Waals surface area contributed by atoms with E-state index in [1.165, 1.54) is 6.42 Å². The van der Waals surface area contributed by atoms with Crippen molar-refractivity contribution in [1.29, 1.82) is 0 Å². The molecule has 3 nitrogen and oxygen atoms in total. The highest BCUT2D eigenvalue weighted by Gasteiger charge is 2.57. The molecule has 1 aliphatic heterocycles. The molecule has 2 aliphatic rings. The molecule has 1 aromatic carbocycles.